The van der Waals surface area contributed by atoms with Gasteiger partial charge in [-0.3, -0.25) is 0 Å². The zero-order chi connectivity index (χ0) is 20.0. The molecule has 1 heterocycles. The predicted molar refractivity (Wildman–Crippen MR) is 120 cm³/mol. The summed E-state index contributed by atoms with van der Waals surface area (Å²) in [6, 6.07) is 6.69. The molecule has 0 unspecified atom stereocenters. The van der Waals surface area contributed by atoms with Gasteiger partial charge in [0.2, 0.25) is 0 Å². The Morgan fingerprint density at radius 3 is 2.72 bits per heavy atom. The SMILES string of the molecule is CCNC(=NCc1ccccc1OC(F)F)NCCCOCC1CCOCC1.I. The highest BCUT2D eigenvalue weighted by molar-refractivity contribution is 14.0. The van der Waals surface area contributed by atoms with Gasteiger partial charge in [0.05, 0.1) is 6.54 Å². The first-order valence-corrected chi connectivity index (χ1v) is 9.89. The van der Waals surface area contributed by atoms with Gasteiger partial charge in [-0.2, -0.15) is 8.78 Å². The average Bonchev–Trinajstić information content (AvgIpc) is 2.70. The van der Waals surface area contributed by atoms with Crippen LogP contribution in [0.2, 0.25) is 0 Å². The summed E-state index contributed by atoms with van der Waals surface area (Å²) in [6.45, 7) is 3.95. The van der Waals surface area contributed by atoms with Crippen LogP contribution in [0.4, 0.5) is 8.78 Å². The lowest BCUT2D eigenvalue weighted by Gasteiger charge is -2.21. The van der Waals surface area contributed by atoms with E-state index in [-0.39, 0.29) is 36.3 Å². The van der Waals surface area contributed by atoms with Gasteiger partial charge < -0.3 is 24.8 Å². The Hall–Kier alpha value is -1.20. The predicted octanol–water partition coefficient (Wildman–Crippen LogP) is 3.79. The van der Waals surface area contributed by atoms with Gasteiger partial charge in [-0.15, -0.1) is 24.0 Å². The summed E-state index contributed by atoms with van der Waals surface area (Å²) in [4.78, 5) is 4.46. The van der Waals surface area contributed by atoms with Crippen molar-refractivity contribution in [1.82, 2.24) is 10.6 Å². The minimum atomic E-state index is -2.85. The van der Waals surface area contributed by atoms with Gasteiger partial charge in [0.1, 0.15) is 5.75 Å². The van der Waals surface area contributed by atoms with Gasteiger partial charge in [-0.25, -0.2) is 4.99 Å². The Kier molecular flexibility index (Phi) is 13.9. The first kappa shape index (κ1) is 25.8. The summed E-state index contributed by atoms with van der Waals surface area (Å²) in [5.41, 5.74) is 0.611. The van der Waals surface area contributed by atoms with Crippen LogP contribution in [0, 0.1) is 5.92 Å². The Morgan fingerprint density at radius 2 is 2.00 bits per heavy atom. The fourth-order valence-corrected chi connectivity index (χ4v) is 2.90. The number of hydrogen-bond donors (Lipinski definition) is 2. The van der Waals surface area contributed by atoms with Crippen LogP contribution in [0.3, 0.4) is 0 Å². The molecule has 0 bridgehead atoms. The molecule has 166 valence electrons. The Labute approximate surface area is 188 Å². The van der Waals surface area contributed by atoms with Crippen LogP contribution in [-0.2, 0) is 16.0 Å². The highest BCUT2D eigenvalue weighted by atomic mass is 127. The molecule has 1 aromatic carbocycles. The summed E-state index contributed by atoms with van der Waals surface area (Å²) in [6.07, 6.45) is 3.01. The van der Waals surface area contributed by atoms with E-state index in [1.165, 1.54) is 6.07 Å². The van der Waals surface area contributed by atoms with Crippen molar-refractivity contribution in [3.05, 3.63) is 29.8 Å². The normalized spacial score (nSPS) is 15.1. The van der Waals surface area contributed by atoms with E-state index in [1.54, 1.807) is 18.2 Å². The molecule has 0 aliphatic carbocycles. The first-order valence-electron chi connectivity index (χ1n) is 9.89. The van der Waals surface area contributed by atoms with Crippen molar-refractivity contribution in [1.29, 1.82) is 0 Å². The van der Waals surface area contributed by atoms with E-state index in [9.17, 15) is 8.78 Å². The number of para-hydroxylation sites is 1. The number of nitrogens with one attached hydrogen (secondary N) is 2. The number of halogens is 3. The van der Waals surface area contributed by atoms with Crippen LogP contribution in [0.15, 0.2) is 29.3 Å². The maximum absolute atomic E-state index is 12.5. The van der Waals surface area contributed by atoms with E-state index in [1.807, 2.05) is 6.92 Å². The minimum absolute atomic E-state index is 0. The number of aliphatic imine (C=N–C) groups is 1. The van der Waals surface area contributed by atoms with Crippen molar-refractivity contribution < 1.29 is 23.0 Å². The molecule has 1 aliphatic heterocycles. The van der Waals surface area contributed by atoms with Gasteiger partial charge >= 0.3 is 6.61 Å². The van der Waals surface area contributed by atoms with E-state index in [0.29, 0.717) is 30.6 Å². The topological polar surface area (TPSA) is 64.1 Å². The summed E-state index contributed by atoms with van der Waals surface area (Å²) in [5.74, 6) is 1.40. The van der Waals surface area contributed by atoms with Gasteiger partial charge in [-0.05, 0) is 38.2 Å². The first-order chi connectivity index (χ1) is 13.7. The standard InChI is InChI=1S/C20H31F2N3O3.HI/c1-2-23-20(24-10-5-11-27-15-16-8-12-26-13-9-16)25-14-17-6-3-4-7-18(17)28-19(21)22;/h3-4,6-7,16,19H,2,5,8-15H2,1H3,(H2,23,24,25);1H. The highest BCUT2D eigenvalue weighted by Crippen LogP contribution is 2.21. The summed E-state index contributed by atoms with van der Waals surface area (Å²) >= 11 is 0. The lowest BCUT2D eigenvalue weighted by atomic mass is 10.0. The highest BCUT2D eigenvalue weighted by Gasteiger charge is 2.13. The molecule has 1 aromatic rings. The maximum atomic E-state index is 12.5. The molecular weight excluding hydrogens is 495 g/mol. The van der Waals surface area contributed by atoms with Crippen LogP contribution >= 0.6 is 24.0 Å². The van der Waals surface area contributed by atoms with Crippen molar-refractivity contribution in [2.75, 3.05) is 39.5 Å². The number of ether oxygens (including phenoxy) is 3. The molecule has 1 fully saturated rings. The number of hydrogen-bond acceptors (Lipinski definition) is 4. The number of alkyl halides is 2. The minimum Gasteiger partial charge on any atom is -0.434 e. The molecule has 0 aromatic heterocycles. The Bertz CT molecular complexity index is 588. The molecule has 29 heavy (non-hydrogen) atoms. The fourth-order valence-electron chi connectivity index (χ4n) is 2.90. The molecule has 2 N–H and O–H groups in total. The lowest BCUT2D eigenvalue weighted by Crippen LogP contribution is -2.38. The fraction of sp³-hybridized carbons (Fsp3) is 0.650. The molecule has 1 saturated heterocycles. The van der Waals surface area contributed by atoms with E-state index in [2.05, 4.69) is 20.4 Å². The summed E-state index contributed by atoms with van der Waals surface area (Å²) in [7, 11) is 0. The van der Waals surface area contributed by atoms with Crippen molar-refractivity contribution in [2.24, 2.45) is 10.9 Å². The Morgan fingerprint density at radius 1 is 1.24 bits per heavy atom. The smallest absolute Gasteiger partial charge is 0.387 e. The number of rotatable bonds is 11. The van der Waals surface area contributed by atoms with Crippen LogP contribution < -0.4 is 15.4 Å². The lowest BCUT2D eigenvalue weighted by molar-refractivity contribution is -0.0504. The number of nitrogens with zero attached hydrogens (tertiary/aromatic N) is 1. The zero-order valence-electron chi connectivity index (χ0n) is 16.9. The molecule has 0 spiro atoms. The second-order valence-corrected chi connectivity index (χ2v) is 6.59. The second-order valence-electron chi connectivity index (χ2n) is 6.59. The van der Waals surface area contributed by atoms with Crippen LogP contribution in [-0.4, -0.2) is 52.1 Å². The zero-order valence-corrected chi connectivity index (χ0v) is 19.2. The molecule has 0 radical (unpaired) electrons. The van der Waals surface area contributed by atoms with Crippen LogP contribution in [0.5, 0.6) is 5.75 Å². The van der Waals surface area contributed by atoms with E-state index in [0.717, 1.165) is 45.6 Å². The van der Waals surface area contributed by atoms with Crippen molar-refractivity contribution in [3.63, 3.8) is 0 Å². The van der Waals surface area contributed by atoms with Gasteiger partial charge in [0, 0.05) is 45.1 Å². The van der Waals surface area contributed by atoms with Crippen molar-refractivity contribution in [2.45, 2.75) is 39.3 Å². The Balaban J connectivity index is 0.00000420. The third-order valence-electron chi connectivity index (χ3n) is 4.39. The van der Waals surface area contributed by atoms with E-state index >= 15 is 0 Å². The molecule has 6 nitrogen and oxygen atoms in total. The number of guanidine groups is 1. The van der Waals surface area contributed by atoms with Gasteiger partial charge in [0.25, 0.3) is 0 Å². The molecule has 9 heteroatoms. The second kappa shape index (κ2) is 15.6. The van der Waals surface area contributed by atoms with Gasteiger partial charge in [-0.1, -0.05) is 18.2 Å². The molecule has 0 amide bonds. The maximum Gasteiger partial charge on any atom is 0.387 e. The van der Waals surface area contributed by atoms with E-state index in [4.69, 9.17) is 9.47 Å². The molecule has 2 rings (SSSR count). The van der Waals surface area contributed by atoms with E-state index < -0.39 is 6.61 Å². The molecule has 1 aliphatic rings. The molecular formula is C20H32F2IN3O3. The molecule has 0 atom stereocenters. The van der Waals surface area contributed by atoms with Crippen LogP contribution in [0.1, 0.15) is 31.7 Å². The monoisotopic (exact) mass is 527 g/mol. The third-order valence-corrected chi connectivity index (χ3v) is 4.39. The van der Waals surface area contributed by atoms with Crippen molar-refractivity contribution in [3.8, 4) is 5.75 Å². The largest absolute Gasteiger partial charge is 0.434 e. The summed E-state index contributed by atoms with van der Waals surface area (Å²) in [5, 5.41) is 6.39. The average molecular weight is 527 g/mol. The quantitative estimate of drug-likeness (QED) is 0.199. The van der Waals surface area contributed by atoms with Crippen LogP contribution in [0.25, 0.3) is 0 Å². The third kappa shape index (κ3) is 10.9. The summed E-state index contributed by atoms with van der Waals surface area (Å²) < 4.78 is 40.7. The molecule has 0 saturated carbocycles. The van der Waals surface area contributed by atoms with Gasteiger partial charge in [0.15, 0.2) is 5.96 Å². The van der Waals surface area contributed by atoms with Crippen molar-refractivity contribution >= 4 is 29.9 Å². The number of benzene rings is 1.